The number of hydrogen-bond donors (Lipinski definition) is 1. The van der Waals surface area contributed by atoms with Crippen molar-refractivity contribution in [2.24, 2.45) is 0 Å². The van der Waals surface area contributed by atoms with Crippen LogP contribution in [0.1, 0.15) is 13.8 Å². The Hall–Kier alpha value is 0.467. The van der Waals surface area contributed by atoms with Gasteiger partial charge in [0.05, 0.1) is 0 Å². The van der Waals surface area contributed by atoms with Crippen LogP contribution in [0.15, 0.2) is 0 Å². The van der Waals surface area contributed by atoms with Gasteiger partial charge in [-0.2, -0.15) is 0 Å². The predicted octanol–water partition coefficient (Wildman–Crippen LogP) is 1.97. The first-order chi connectivity index (χ1) is 3.98. The number of nitrogens with one attached hydrogen (secondary N) is 1. The van der Waals surface area contributed by atoms with Crippen LogP contribution in [0.2, 0.25) is 13.1 Å². The first-order valence-electron chi connectivity index (χ1n) is 3.31. The number of halogens is 1. The average molecular weight is 166 g/mol. The van der Waals surface area contributed by atoms with Crippen LogP contribution in [0, 0.1) is 0 Å². The Labute approximate surface area is 63.9 Å². The largest absolute Gasteiger partial charge is 0.334 e. The summed E-state index contributed by atoms with van der Waals surface area (Å²) in [5, 5.41) is 0. The maximum Gasteiger partial charge on any atom is 0.134 e. The SMILES string of the molecule is CC(C)N[Si](C)(C)CCl. The molecule has 0 amide bonds. The summed E-state index contributed by atoms with van der Waals surface area (Å²) in [4.78, 5) is 3.48. The van der Waals surface area contributed by atoms with Gasteiger partial charge in [-0.1, -0.05) is 26.9 Å². The Morgan fingerprint density at radius 2 is 1.89 bits per heavy atom. The Balaban J connectivity index is 3.58. The summed E-state index contributed by atoms with van der Waals surface area (Å²) in [7, 11) is -1.22. The summed E-state index contributed by atoms with van der Waals surface area (Å²) in [6.45, 7) is 8.78. The van der Waals surface area contributed by atoms with E-state index in [2.05, 4.69) is 31.9 Å². The molecule has 0 rings (SSSR count). The second-order valence-electron chi connectivity index (χ2n) is 3.32. The van der Waals surface area contributed by atoms with Gasteiger partial charge in [-0.05, 0) is 6.04 Å². The van der Waals surface area contributed by atoms with Crippen molar-refractivity contribution in [2.45, 2.75) is 33.0 Å². The molecule has 3 heteroatoms. The molecule has 0 aromatic rings. The molecule has 0 fully saturated rings. The third-order valence-corrected chi connectivity index (χ3v) is 5.04. The van der Waals surface area contributed by atoms with E-state index in [1.807, 2.05) is 0 Å². The highest BCUT2D eigenvalue weighted by Crippen LogP contribution is 2.00. The van der Waals surface area contributed by atoms with Crippen molar-refractivity contribution in [3.63, 3.8) is 0 Å². The van der Waals surface area contributed by atoms with Gasteiger partial charge in [0.1, 0.15) is 8.24 Å². The highest BCUT2D eigenvalue weighted by molar-refractivity contribution is 6.81. The van der Waals surface area contributed by atoms with Crippen molar-refractivity contribution in [3.05, 3.63) is 0 Å². The molecular weight excluding hydrogens is 150 g/mol. The van der Waals surface area contributed by atoms with E-state index < -0.39 is 8.24 Å². The van der Waals surface area contributed by atoms with Crippen LogP contribution in [-0.4, -0.2) is 19.8 Å². The lowest BCUT2D eigenvalue weighted by Crippen LogP contribution is -2.50. The van der Waals surface area contributed by atoms with E-state index >= 15 is 0 Å². The fourth-order valence-corrected chi connectivity index (χ4v) is 2.69. The molecule has 0 atom stereocenters. The van der Waals surface area contributed by atoms with Crippen molar-refractivity contribution in [1.82, 2.24) is 4.98 Å². The molecule has 9 heavy (non-hydrogen) atoms. The Kier molecular flexibility index (Phi) is 3.78. The molecule has 0 heterocycles. The molecule has 56 valence electrons. The first-order valence-corrected chi connectivity index (χ1v) is 7.06. The molecule has 0 spiro atoms. The third-order valence-electron chi connectivity index (χ3n) is 1.01. The number of hydrogen-bond acceptors (Lipinski definition) is 1. The molecule has 1 N–H and O–H groups in total. The second-order valence-corrected chi connectivity index (χ2v) is 8.44. The Morgan fingerprint density at radius 3 is 2.00 bits per heavy atom. The summed E-state index contributed by atoms with van der Waals surface area (Å²) in [6, 6.07) is 0.574. The molecule has 0 aliphatic rings. The van der Waals surface area contributed by atoms with Crippen LogP contribution in [0.4, 0.5) is 0 Å². The zero-order valence-corrected chi connectivity index (χ0v) is 8.42. The van der Waals surface area contributed by atoms with E-state index in [4.69, 9.17) is 11.6 Å². The quantitative estimate of drug-likeness (QED) is 0.498. The van der Waals surface area contributed by atoms with Crippen molar-refractivity contribution < 1.29 is 0 Å². The molecule has 0 unspecified atom stereocenters. The molecule has 0 bridgehead atoms. The van der Waals surface area contributed by atoms with Crippen molar-refractivity contribution in [1.29, 1.82) is 0 Å². The number of alkyl halides is 1. The lowest BCUT2D eigenvalue weighted by Gasteiger charge is -2.23. The van der Waals surface area contributed by atoms with Crippen molar-refractivity contribution in [2.75, 3.05) is 5.50 Å². The lowest BCUT2D eigenvalue weighted by molar-refractivity contribution is 0.734. The van der Waals surface area contributed by atoms with Crippen LogP contribution in [-0.2, 0) is 0 Å². The van der Waals surface area contributed by atoms with Gasteiger partial charge < -0.3 is 4.98 Å². The topological polar surface area (TPSA) is 12.0 Å². The molecule has 0 aliphatic heterocycles. The molecule has 0 saturated carbocycles. The molecule has 0 aromatic heterocycles. The fraction of sp³-hybridized carbons (Fsp3) is 1.00. The smallest absolute Gasteiger partial charge is 0.134 e. The standard InChI is InChI=1S/C6H16ClNSi/c1-6(2)8-9(3,4)5-7/h6,8H,5H2,1-4H3. The average Bonchev–Trinajstić information content (AvgIpc) is 1.63. The predicted molar refractivity (Wildman–Crippen MR) is 46.5 cm³/mol. The molecule has 0 saturated heterocycles. The molecule has 0 aliphatic carbocycles. The van der Waals surface area contributed by atoms with Gasteiger partial charge in [0, 0.05) is 5.50 Å². The van der Waals surface area contributed by atoms with Gasteiger partial charge in [-0.15, -0.1) is 11.6 Å². The van der Waals surface area contributed by atoms with Gasteiger partial charge in [0.25, 0.3) is 0 Å². The summed E-state index contributed by atoms with van der Waals surface area (Å²) in [6.07, 6.45) is 0. The van der Waals surface area contributed by atoms with Gasteiger partial charge in [0.2, 0.25) is 0 Å². The third kappa shape index (κ3) is 4.94. The van der Waals surface area contributed by atoms with E-state index in [1.165, 1.54) is 0 Å². The van der Waals surface area contributed by atoms with E-state index in [1.54, 1.807) is 0 Å². The van der Waals surface area contributed by atoms with E-state index in [9.17, 15) is 0 Å². The zero-order valence-electron chi connectivity index (χ0n) is 6.66. The summed E-state index contributed by atoms with van der Waals surface area (Å²) in [5.74, 6) is 0. The minimum absolute atomic E-state index is 0.574. The molecule has 0 aromatic carbocycles. The molecular formula is C6H16ClNSi. The molecule has 0 radical (unpaired) electrons. The normalized spacial score (nSPS) is 12.7. The van der Waals surface area contributed by atoms with Gasteiger partial charge in [0.15, 0.2) is 0 Å². The minimum Gasteiger partial charge on any atom is -0.334 e. The minimum atomic E-state index is -1.22. The van der Waals surface area contributed by atoms with Crippen molar-refractivity contribution in [3.8, 4) is 0 Å². The van der Waals surface area contributed by atoms with Crippen LogP contribution < -0.4 is 4.98 Å². The van der Waals surface area contributed by atoms with E-state index in [0.29, 0.717) is 6.04 Å². The Bertz CT molecular complexity index is 83.1. The van der Waals surface area contributed by atoms with Crippen LogP contribution >= 0.6 is 11.6 Å². The lowest BCUT2D eigenvalue weighted by atomic mass is 10.4. The maximum atomic E-state index is 5.74. The monoisotopic (exact) mass is 165 g/mol. The van der Waals surface area contributed by atoms with Gasteiger partial charge in [-0.25, -0.2) is 0 Å². The highest BCUT2D eigenvalue weighted by Gasteiger charge is 2.19. The second kappa shape index (κ2) is 3.59. The van der Waals surface area contributed by atoms with Gasteiger partial charge in [-0.3, -0.25) is 0 Å². The van der Waals surface area contributed by atoms with Gasteiger partial charge >= 0.3 is 0 Å². The summed E-state index contributed by atoms with van der Waals surface area (Å²) < 4.78 is 0. The first kappa shape index (κ1) is 9.47. The van der Waals surface area contributed by atoms with Crippen LogP contribution in [0.5, 0.6) is 0 Å². The summed E-state index contributed by atoms with van der Waals surface area (Å²) in [5.41, 5.74) is 0.797. The van der Waals surface area contributed by atoms with E-state index in [-0.39, 0.29) is 0 Å². The van der Waals surface area contributed by atoms with Crippen molar-refractivity contribution >= 4 is 19.8 Å². The van der Waals surface area contributed by atoms with Crippen LogP contribution in [0.3, 0.4) is 0 Å². The maximum absolute atomic E-state index is 5.74. The van der Waals surface area contributed by atoms with Crippen LogP contribution in [0.25, 0.3) is 0 Å². The zero-order chi connectivity index (χ0) is 7.49. The molecule has 1 nitrogen and oxygen atoms in total. The Morgan fingerprint density at radius 1 is 1.44 bits per heavy atom. The fourth-order valence-electron chi connectivity index (χ4n) is 0.820. The number of rotatable bonds is 3. The highest BCUT2D eigenvalue weighted by atomic mass is 35.5. The summed E-state index contributed by atoms with van der Waals surface area (Å²) >= 11 is 5.74. The van der Waals surface area contributed by atoms with E-state index in [0.717, 1.165) is 5.50 Å².